The first-order valence-corrected chi connectivity index (χ1v) is 12.2. The fourth-order valence-electron chi connectivity index (χ4n) is 4.04. The SMILES string of the molecule is COC[C@H](C)n1c(SCc2ccc(C(=O)N3CCCC3)cc2)nnc1-c1cccc(OC)c1. The lowest BCUT2D eigenvalue weighted by atomic mass is 10.1. The Hall–Kier alpha value is -2.84. The summed E-state index contributed by atoms with van der Waals surface area (Å²) in [6, 6.07) is 15.8. The molecule has 8 heteroatoms. The standard InChI is InChI=1S/C25H30N4O3S/c1-18(16-31-2)29-23(21-7-6-8-22(15-21)32-3)26-27-25(29)33-17-19-9-11-20(12-10-19)24(30)28-13-4-5-14-28/h6-12,15,18H,4-5,13-14,16-17H2,1-3H3/t18-/m0/s1. The predicted molar refractivity (Wildman–Crippen MR) is 130 cm³/mol. The van der Waals surface area contributed by atoms with Gasteiger partial charge in [-0.3, -0.25) is 9.36 Å². The highest BCUT2D eigenvalue weighted by Crippen LogP contribution is 2.31. The fourth-order valence-corrected chi connectivity index (χ4v) is 5.03. The molecule has 174 valence electrons. The average molecular weight is 467 g/mol. The molecule has 0 spiro atoms. The number of methoxy groups -OCH3 is 2. The van der Waals surface area contributed by atoms with Crippen LogP contribution in [0.4, 0.5) is 0 Å². The number of thioether (sulfide) groups is 1. The molecular weight excluding hydrogens is 436 g/mol. The Kier molecular flexibility index (Phi) is 7.67. The zero-order valence-electron chi connectivity index (χ0n) is 19.4. The van der Waals surface area contributed by atoms with E-state index >= 15 is 0 Å². The van der Waals surface area contributed by atoms with E-state index in [1.54, 1.807) is 26.0 Å². The van der Waals surface area contributed by atoms with Gasteiger partial charge in [0.25, 0.3) is 5.91 Å². The third kappa shape index (κ3) is 5.39. The molecule has 0 saturated carbocycles. The van der Waals surface area contributed by atoms with Crippen LogP contribution in [0.25, 0.3) is 11.4 Å². The van der Waals surface area contributed by atoms with E-state index in [0.29, 0.717) is 6.61 Å². The van der Waals surface area contributed by atoms with Gasteiger partial charge in [0.2, 0.25) is 0 Å². The van der Waals surface area contributed by atoms with E-state index in [0.717, 1.165) is 65.1 Å². The van der Waals surface area contributed by atoms with Gasteiger partial charge in [-0.15, -0.1) is 10.2 Å². The number of nitrogens with zero attached hydrogens (tertiary/aromatic N) is 4. The molecule has 1 amide bonds. The van der Waals surface area contributed by atoms with Gasteiger partial charge in [0.05, 0.1) is 19.8 Å². The summed E-state index contributed by atoms with van der Waals surface area (Å²) in [6.45, 7) is 4.37. The van der Waals surface area contributed by atoms with Crippen molar-refractivity contribution in [3.05, 3.63) is 59.7 Å². The molecule has 1 aliphatic rings. The minimum Gasteiger partial charge on any atom is -0.497 e. The van der Waals surface area contributed by atoms with Crippen LogP contribution in [0.2, 0.25) is 0 Å². The van der Waals surface area contributed by atoms with E-state index in [2.05, 4.69) is 21.7 Å². The van der Waals surface area contributed by atoms with Crippen LogP contribution in [-0.4, -0.2) is 59.5 Å². The minimum atomic E-state index is 0.0640. The molecule has 0 aliphatic carbocycles. The number of aromatic nitrogens is 3. The lowest BCUT2D eigenvalue weighted by molar-refractivity contribution is 0.0793. The van der Waals surface area contributed by atoms with Crippen molar-refractivity contribution in [2.75, 3.05) is 33.9 Å². The second kappa shape index (κ2) is 10.9. The van der Waals surface area contributed by atoms with Gasteiger partial charge in [0, 0.05) is 37.1 Å². The Morgan fingerprint density at radius 1 is 1.09 bits per heavy atom. The molecule has 4 rings (SSSR count). The van der Waals surface area contributed by atoms with Crippen LogP contribution in [0.1, 0.15) is 41.7 Å². The van der Waals surface area contributed by atoms with Gasteiger partial charge in [0.1, 0.15) is 5.75 Å². The first-order chi connectivity index (χ1) is 16.1. The molecule has 2 aromatic carbocycles. The van der Waals surface area contributed by atoms with Gasteiger partial charge in [-0.2, -0.15) is 0 Å². The van der Waals surface area contributed by atoms with Crippen LogP contribution in [0.15, 0.2) is 53.7 Å². The fraction of sp³-hybridized carbons (Fsp3) is 0.400. The van der Waals surface area contributed by atoms with Gasteiger partial charge in [-0.25, -0.2) is 0 Å². The van der Waals surface area contributed by atoms with Gasteiger partial charge in [0.15, 0.2) is 11.0 Å². The van der Waals surface area contributed by atoms with Gasteiger partial charge < -0.3 is 14.4 Å². The number of hydrogen-bond acceptors (Lipinski definition) is 6. The third-order valence-corrected chi connectivity index (χ3v) is 6.82. The number of amides is 1. The Labute approximate surface area is 199 Å². The molecule has 33 heavy (non-hydrogen) atoms. The summed E-state index contributed by atoms with van der Waals surface area (Å²) in [7, 11) is 3.35. The summed E-state index contributed by atoms with van der Waals surface area (Å²) in [5.41, 5.74) is 2.83. The molecule has 0 unspecified atom stereocenters. The molecule has 1 atom stereocenters. The van der Waals surface area contributed by atoms with Crippen molar-refractivity contribution in [3.63, 3.8) is 0 Å². The maximum absolute atomic E-state index is 12.6. The van der Waals surface area contributed by atoms with Crippen LogP contribution >= 0.6 is 11.8 Å². The van der Waals surface area contributed by atoms with Crippen molar-refractivity contribution >= 4 is 17.7 Å². The topological polar surface area (TPSA) is 69.5 Å². The van der Waals surface area contributed by atoms with Crippen LogP contribution < -0.4 is 4.74 Å². The maximum atomic E-state index is 12.6. The number of ether oxygens (including phenoxy) is 2. The number of benzene rings is 2. The van der Waals surface area contributed by atoms with Crippen LogP contribution in [0.5, 0.6) is 5.75 Å². The first kappa shape index (κ1) is 23.3. The molecule has 0 radical (unpaired) electrons. The summed E-state index contributed by atoms with van der Waals surface area (Å²) in [4.78, 5) is 14.5. The number of carbonyl (C=O) groups excluding carboxylic acids is 1. The number of carbonyl (C=O) groups is 1. The molecule has 1 aromatic heterocycles. The van der Waals surface area contributed by atoms with Crippen molar-refractivity contribution in [3.8, 4) is 17.1 Å². The highest BCUT2D eigenvalue weighted by atomic mass is 32.2. The molecule has 1 saturated heterocycles. The normalized spacial score (nSPS) is 14.5. The second-order valence-corrected chi connectivity index (χ2v) is 9.14. The highest BCUT2D eigenvalue weighted by Gasteiger charge is 2.21. The second-order valence-electron chi connectivity index (χ2n) is 8.20. The van der Waals surface area contributed by atoms with Gasteiger partial charge in [-0.1, -0.05) is 36.0 Å². The van der Waals surface area contributed by atoms with Crippen molar-refractivity contribution in [2.45, 2.75) is 36.7 Å². The largest absolute Gasteiger partial charge is 0.497 e. The van der Waals surface area contributed by atoms with E-state index < -0.39 is 0 Å². The van der Waals surface area contributed by atoms with E-state index in [4.69, 9.17) is 9.47 Å². The van der Waals surface area contributed by atoms with Crippen molar-refractivity contribution < 1.29 is 14.3 Å². The van der Waals surface area contributed by atoms with Crippen LogP contribution in [0.3, 0.4) is 0 Å². The van der Waals surface area contributed by atoms with Gasteiger partial charge in [-0.05, 0) is 49.6 Å². The summed E-state index contributed by atoms with van der Waals surface area (Å²) in [5.74, 6) is 2.42. The molecular formula is C25H30N4O3S. The van der Waals surface area contributed by atoms with E-state index in [1.165, 1.54) is 0 Å². The highest BCUT2D eigenvalue weighted by molar-refractivity contribution is 7.98. The van der Waals surface area contributed by atoms with Crippen molar-refractivity contribution in [1.29, 1.82) is 0 Å². The van der Waals surface area contributed by atoms with E-state index in [1.807, 2.05) is 53.4 Å². The van der Waals surface area contributed by atoms with Crippen LogP contribution in [0, 0.1) is 0 Å². The summed E-state index contributed by atoms with van der Waals surface area (Å²) < 4.78 is 12.9. The first-order valence-electron chi connectivity index (χ1n) is 11.2. The lowest BCUT2D eigenvalue weighted by Crippen LogP contribution is -2.27. The third-order valence-electron chi connectivity index (χ3n) is 5.80. The number of likely N-dealkylation sites (tertiary alicyclic amines) is 1. The Morgan fingerprint density at radius 2 is 1.85 bits per heavy atom. The molecule has 0 N–H and O–H groups in total. The van der Waals surface area contributed by atoms with Crippen molar-refractivity contribution in [1.82, 2.24) is 19.7 Å². The molecule has 1 fully saturated rings. The Bertz CT molecular complexity index is 1080. The van der Waals surface area contributed by atoms with E-state index in [-0.39, 0.29) is 11.9 Å². The Morgan fingerprint density at radius 3 is 2.55 bits per heavy atom. The zero-order valence-corrected chi connectivity index (χ0v) is 20.2. The Balaban J connectivity index is 1.51. The van der Waals surface area contributed by atoms with Crippen molar-refractivity contribution in [2.24, 2.45) is 0 Å². The monoisotopic (exact) mass is 466 g/mol. The molecule has 7 nitrogen and oxygen atoms in total. The molecule has 1 aliphatic heterocycles. The van der Waals surface area contributed by atoms with Crippen LogP contribution in [-0.2, 0) is 10.5 Å². The summed E-state index contributed by atoms with van der Waals surface area (Å²) in [5, 5.41) is 9.80. The molecule has 3 aromatic rings. The molecule has 2 heterocycles. The minimum absolute atomic E-state index is 0.0640. The smallest absolute Gasteiger partial charge is 0.253 e. The van der Waals surface area contributed by atoms with Gasteiger partial charge >= 0.3 is 0 Å². The predicted octanol–water partition coefficient (Wildman–Crippen LogP) is 4.69. The summed E-state index contributed by atoms with van der Waals surface area (Å²) in [6.07, 6.45) is 2.20. The lowest BCUT2D eigenvalue weighted by Gasteiger charge is -2.17. The quantitative estimate of drug-likeness (QED) is 0.426. The number of rotatable bonds is 9. The average Bonchev–Trinajstić information content (AvgIpc) is 3.53. The zero-order chi connectivity index (χ0) is 23.2. The van der Waals surface area contributed by atoms with E-state index in [9.17, 15) is 4.79 Å². The molecule has 0 bridgehead atoms. The maximum Gasteiger partial charge on any atom is 0.253 e. The number of hydrogen-bond donors (Lipinski definition) is 0. The summed E-state index contributed by atoms with van der Waals surface area (Å²) >= 11 is 1.63.